The lowest BCUT2D eigenvalue weighted by atomic mass is 10.1. The van der Waals surface area contributed by atoms with Gasteiger partial charge >= 0.3 is 0 Å². The van der Waals surface area contributed by atoms with Crippen LogP contribution in [-0.2, 0) is 6.54 Å². The van der Waals surface area contributed by atoms with E-state index in [4.69, 9.17) is 0 Å². The van der Waals surface area contributed by atoms with Crippen LogP contribution in [0.1, 0.15) is 11.3 Å². The average Bonchev–Trinajstić information content (AvgIpc) is 2.46. The van der Waals surface area contributed by atoms with Gasteiger partial charge in [0.05, 0.1) is 5.52 Å². The molecule has 0 spiro atoms. The molecular formula is C17H15BrN2. The molecule has 0 saturated heterocycles. The number of hydrogen-bond acceptors (Lipinski definition) is 2. The number of rotatable bonds is 3. The molecule has 3 heteroatoms. The van der Waals surface area contributed by atoms with Crippen LogP contribution in [0.4, 0.5) is 5.69 Å². The molecule has 3 aromatic rings. The van der Waals surface area contributed by atoms with Crippen molar-refractivity contribution in [3.8, 4) is 0 Å². The van der Waals surface area contributed by atoms with Crippen LogP contribution in [0.5, 0.6) is 0 Å². The van der Waals surface area contributed by atoms with E-state index in [2.05, 4.69) is 62.6 Å². The van der Waals surface area contributed by atoms with E-state index in [0.717, 1.165) is 33.3 Å². The van der Waals surface area contributed by atoms with Gasteiger partial charge in [-0.05, 0) is 36.8 Å². The fraction of sp³-hybridized carbons (Fsp3) is 0.118. The second-order valence-corrected chi connectivity index (χ2v) is 5.73. The van der Waals surface area contributed by atoms with Gasteiger partial charge in [-0.15, -0.1) is 0 Å². The van der Waals surface area contributed by atoms with Crippen LogP contribution in [-0.4, -0.2) is 4.98 Å². The zero-order valence-corrected chi connectivity index (χ0v) is 12.8. The summed E-state index contributed by atoms with van der Waals surface area (Å²) >= 11 is 3.53. The molecule has 2 aromatic carbocycles. The zero-order valence-electron chi connectivity index (χ0n) is 11.2. The lowest BCUT2D eigenvalue weighted by Gasteiger charge is -2.11. The predicted molar refractivity (Wildman–Crippen MR) is 87.9 cm³/mol. The minimum atomic E-state index is 0.811. The van der Waals surface area contributed by atoms with Crippen LogP contribution in [0.25, 0.3) is 10.9 Å². The normalized spacial score (nSPS) is 10.7. The number of nitrogens with one attached hydrogen (secondary N) is 1. The molecule has 1 heterocycles. The first kappa shape index (κ1) is 13.1. The van der Waals surface area contributed by atoms with Crippen LogP contribution in [0.15, 0.2) is 59.1 Å². The van der Waals surface area contributed by atoms with Crippen molar-refractivity contribution in [1.82, 2.24) is 4.98 Å². The molecule has 100 valence electrons. The number of aromatic nitrogens is 1. The van der Waals surface area contributed by atoms with Gasteiger partial charge in [0.2, 0.25) is 0 Å². The topological polar surface area (TPSA) is 24.9 Å². The second kappa shape index (κ2) is 5.63. The molecular weight excluding hydrogens is 312 g/mol. The Hall–Kier alpha value is -1.87. The summed E-state index contributed by atoms with van der Waals surface area (Å²) in [5.74, 6) is 0. The Morgan fingerprint density at radius 3 is 2.65 bits per heavy atom. The summed E-state index contributed by atoms with van der Waals surface area (Å²) in [5.41, 5.74) is 4.43. The van der Waals surface area contributed by atoms with Gasteiger partial charge in [0.15, 0.2) is 0 Å². The Bertz CT molecular complexity index is 739. The highest BCUT2D eigenvalue weighted by Crippen LogP contribution is 2.26. The van der Waals surface area contributed by atoms with E-state index in [0.29, 0.717) is 0 Å². The number of fused-ring (bicyclic) bond motifs is 1. The summed E-state index contributed by atoms with van der Waals surface area (Å²) in [7, 11) is 0. The van der Waals surface area contributed by atoms with E-state index in [1.165, 1.54) is 5.56 Å². The van der Waals surface area contributed by atoms with Crippen molar-refractivity contribution >= 4 is 32.5 Å². The van der Waals surface area contributed by atoms with Crippen molar-refractivity contribution in [2.24, 2.45) is 0 Å². The molecule has 3 rings (SSSR count). The maximum absolute atomic E-state index is 4.57. The summed E-state index contributed by atoms with van der Waals surface area (Å²) in [6, 6.07) is 18.7. The minimum Gasteiger partial charge on any atom is -0.380 e. The van der Waals surface area contributed by atoms with Crippen molar-refractivity contribution < 1.29 is 0 Å². The quantitative estimate of drug-likeness (QED) is 0.739. The molecule has 0 bridgehead atoms. The number of benzene rings is 2. The van der Waals surface area contributed by atoms with Crippen molar-refractivity contribution in [1.29, 1.82) is 0 Å². The number of nitrogens with zero attached hydrogens (tertiary/aromatic N) is 1. The third-order valence-corrected chi connectivity index (χ3v) is 3.72. The lowest BCUT2D eigenvalue weighted by molar-refractivity contribution is 1.14. The summed E-state index contributed by atoms with van der Waals surface area (Å²) < 4.78 is 1.07. The molecule has 0 amide bonds. The maximum atomic E-state index is 4.57. The van der Waals surface area contributed by atoms with Crippen molar-refractivity contribution in [2.45, 2.75) is 13.5 Å². The predicted octanol–water partition coefficient (Wildman–Crippen LogP) is 4.92. The monoisotopic (exact) mass is 326 g/mol. The highest BCUT2D eigenvalue weighted by atomic mass is 79.9. The van der Waals surface area contributed by atoms with Gasteiger partial charge in [0.25, 0.3) is 0 Å². The Morgan fingerprint density at radius 1 is 1.05 bits per heavy atom. The molecule has 0 aliphatic carbocycles. The SMILES string of the molecule is Cc1cc(NCc2ccccc2)c2cc(Br)ccc2n1. The van der Waals surface area contributed by atoms with Crippen molar-refractivity contribution in [3.63, 3.8) is 0 Å². The molecule has 0 unspecified atom stereocenters. The summed E-state index contributed by atoms with van der Waals surface area (Å²) in [5, 5.41) is 4.65. The highest BCUT2D eigenvalue weighted by molar-refractivity contribution is 9.10. The van der Waals surface area contributed by atoms with Crippen LogP contribution in [0.3, 0.4) is 0 Å². The number of aryl methyl sites for hydroxylation is 1. The van der Waals surface area contributed by atoms with Gasteiger partial charge in [-0.3, -0.25) is 4.98 Å². The van der Waals surface area contributed by atoms with Gasteiger partial charge in [-0.2, -0.15) is 0 Å². The van der Waals surface area contributed by atoms with Crippen LogP contribution < -0.4 is 5.32 Å². The zero-order chi connectivity index (χ0) is 13.9. The van der Waals surface area contributed by atoms with Gasteiger partial charge in [-0.1, -0.05) is 46.3 Å². The minimum absolute atomic E-state index is 0.811. The molecule has 2 nitrogen and oxygen atoms in total. The molecule has 1 aromatic heterocycles. The standard InChI is InChI=1S/C17H15BrN2/c1-12-9-17(19-11-13-5-3-2-4-6-13)15-10-14(18)7-8-16(15)20-12/h2-10H,11H2,1H3,(H,19,20). The van der Waals surface area contributed by atoms with E-state index in [-0.39, 0.29) is 0 Å². The molecule has 1 N–H and O–H groups in total. The van der Waals surface area contributed by atoms with Crippen LogP contribution in [0, 0.1) is 6.92 Å². The first-order chi connectivity index (χ1) is 9.72. The first-order valence-corrected chi connectivity index (χ1v) is 7.36. The first-order valence-electron chi connectivity index (χ1n) is 6.57. The van der Waals surface area contributed by atoms with Crippen LogP contribution >= 0.6 is 15.9 Å². The molecule has 0 fully saturated rings. The average molecular weight is 327 g/mol. The van der Waals surface area contributed by atoms with E-state index in [9.17, 15) is 0 Å². The molecule has 0 aliphatic rings. The number of pyridine rings is 1. The van der Waals surface area contributed by atoms with Gasteiger partial charge < -0.3 is 5.32 Å². The molecule has 0 aliphatic heterocycles. The molecule has 0 saturated carbocycles. The van der Waals surface area contributed by atoms with Gasteiger partial charge in [-0.25, -0.2) is 0 Å². The molecule has 0 radical (unpaired) electrons. The van der Waals surface area contributed by atoms with E-state index >= 15 is 0 Å². The van der Waals surface area contributed by atoms with Crippen LogP contribution in [0.2, 0.25) is 0 Å². The van der Waals surface area contributed by atoms with Crippen molar-refractivity contribution in [2.75, 3.05) is 5.32 Å². The van der Waals surface area contributed by atoms with Gasteiger partial charge in [0.1, 0.15) is 0 Å². The Kier molecular flexibility index (Phi) is 3.70. The number of hydrogen-bond donors (Lipinski definition) is 1. The summed E-state index contributed by atoms with van der Waals surface area (Å²) in [6.07, 6.45) is 0. The lowest BCUT2D eigenvalue weighted by Crippen LogP contribution is -2.01. The Labute approximate surface area is 127 Å². The Morgan fingerprint density at radius 2 is 1.85 bits per heavy atom. The third-order valence-electron chi connectivity index (χ3n) is 3.22. The smallest absolute Gasteiger partial charge is 0.0726 e. The molecule has 0 atom stereocenters. The van der Waals surface area contributed by atoms with Gasteiger partial charge in [0, 0.05) is 27.8 Å². The van der Waals surface area contributed by atoms with E-state index in [1.807, 2.05) is 25.1 Å². The van der Waals surface area contributed by atoms with E-state index in [1.54, 1.807) is 0 Å². The summed E-state index contributed by atoms with van der Waals surface area (Å²) in [4.78, 5) is 4.57. The highest BCUT2D eigenvalue weighted by Gasteiger charge is 2.04. The van der Waals surface area contributed by atoms with Crippen molar-refractivity contribution in [3.05, 3.63) is 70.3 Å². The largest absolute Gasteiger partial charge is 0.380 e. The summed E-state index contributed by atoms with van der Waals surface area (Å²) in [6.45, 7) is 2.83. The number of anilines is 1. The maximum Gasteiger partial charge on any atom is 0.0726 e. The van der Waals surface area contributed by atoms with E-state index < -0.39 is 0 Å². The fourth-order valence-electron chi connectivity index (χ4n) is 2.27. The number of halogens is 1. The second-order valence-electron chi connectivity index (χ2n) is 4.81. The molecule has 20 heavy (non-hydrogen) atoms. The fourth-order valence-corrected chi connectivity index (χ4v) is 2.63. The Balaban J connectivity index is 1.96. The third kappa shape index (κ3) is 2.83.